The van der Waals surface area contributed by atoms with E-state index < -0.39 is 5.60 Å². The van der Waals surface area contributed by atoms with Crippen LogP contribution in [0.5, 0.6) is 0 Å². The van der Waals surface area contributed by atoms with Crippen molar-refractivity contribution in [2.75, 3.05) is 11.4 Å². The van der Waals surface area contributed by atoms with Crippen LogP contribution in [-0.2, 0) is 9.53 Å². The summed E-state index contributed by atoms with van der Waals surface area (Å²) in [6.07, 6.45) is 3.33. The lowest BCUT2D eigenvalue weighted by molar-refractivity contribution is 0.0580. The van der Waals surface area contributed by atoms with Gasteiger partial charge in [0.25, 0.3) is 0 Å². The van der Waals surface area contributed by atoms with Gasteiger partial charge in [-0.25, -0.2) is 4.79 Å². The van der Waals surface area contributed by atoms with Crippen LogP contribution in [-0.4, -0.2) is 24.5 Å². The summed E-state index contributed by atoms with van der Waals surface area (Å²) in [5.41, 5.74) is 0.665. The number of rotatable bonds is 5. The predicted molar refractivity (Wildman–Crippen MR) is 79.7 cm³/mol. The summed E-state index contributed by atoms with van der Waals surface area (Å²) < 4.78 is 5.42. The summed E-state index contributed by atoms with van der Waals surface area (Å²) in [5, 5.41) is 0. The number of ether oxygens (including phenoxy) is 1. The van der Waals surface area contributed by atoms with Gasteiger partial charge in [-0.1, -0.05) is 13.3 Å². The number of unbranched alkanes of at least 4 members (excludes halogenated alkanes) is 1. The third-order valence-corrected chi connectivity index (χ3v) is 2.65. The van der Waals surface area contributed by atoms with Gasteiger partial charge < -0.3 is 4.74 Å². The zero-order chi connectivity index (χ0) is 15.2. The smallest absolute Gasteiger partial charge is 0.414 e. The maximum absolute atomic E-state index is 12.2. The molecule has 0 bridgehead atoms. The summed E-state index contributed by atoms with van der Waals surface area (Å²) >= 11 is 0. The Labute approximate surface area is 120 Å². The Morgan fingerprint density at radius 2 is 1.85 bits per heavy atom. The highest BCUT2D eigenvalue weighted by Gasteiger charge is 2.22. The zero-order valence-electron chi connectivity index (χ0n) is 12.6. The first-order chi connectivity index (χ1) is 9.37. The number of carbonyl (C=O) groups is 1. The number of hydrogen-bond acceptors (Lipinski definition) is 3. The van der Waals surface area contributed by atoms with E-state index in [1.54, 1.807) is 29.2 Å². The second-order valence-corrected chi connectivity index (χ2v) is 5.63. The molecule has 1 amide bonds. The van der Waals surface area contributed by atoms with Crippen molar-refractivity contribution in [1.29, 1.82) is 0 Å². The van der Waals surface area contributed by atoms with Gasteiger partial charge in [-0.05, 0) is 51.5 Å². The largest absolute Gasteiger partial charge is 0.443 e. The quantitative estimate of drug-likeness (QED) is 0.824. The first-order valence-corrected chi connectivity index (χ1v) is 6.86. The Kier molecular flexibility index (Phi) is 5.74. The van der Waals surface area contributed by atoms with Crippen molar-refractivity contribution in [3.63, 3.8) is 0 Å². The van der Waals surface area contributed by atoms with E-state index in [-0.39, 0.29) is 6.09 Å². The molecular weight excluding hydrogens is 254 g/mol. The molecule has 0 fully saturated rings. The monoisotopic (exact) mass is 276 g/mol. The van der Waals surface area contributed by atoms with Gasteiger partial charge in [-0.15, -0.1) is 0 Å². The van der Waals surface area contributed by atoms with Crippen molar-refractivity contribution in [3.05, 3.63) is 29.8 Å². The second kappa shape index (κ2) is 7.08. The highest BCUT2D eigenvalue weighted by atomic mass is 16.6. The van der Waals surface area contributed by atoms with Crippen molar-refractivity contribution in [2.24, 2.45) is 0 Å². The van der Waals surface area contributed by atoms with Crippen LogP contribution in [0.4, 0.5) is 10.5 Å². The first kappa shape index (κ1) is 16.2. The summed E-state index contributed by atoms with van der Waals surface area (Å²) in [7, 11) is 0. The average Bonchev–Trinajstić information content (AvgIpc) is 2.38. The Morgan fingerprint density at radius 1 is 1.25 bits per heavy atom. The highest BCUT2D eigenvalue weighted by molar-refractivity contribution is 5.88. The standard InChI is InChI=1S/C16H22NO3/c1-5-6-11-17(15(19)20-16(2,3)4)14-9-7-13(12-18)8-10-14/h7-10H,5-6,11H2,1-4H3. The summed E-state index contributed by atoms with van der Waals surface area (Å²) in [5.74, 6) is 0. The number of hydrogen-bond donors (Lipinski definition) is 0. The fourth-order valence-corrected chi connectivity index (χ4v) is 1.67. The molecule has 1 aromatic carbocycles. The van der Waals surface area contributed by atoms with Crippen molar-refractivity contribution in [1.82, 2.24) is 0 Å². The molecule has 20 heavy (non-hydrogen) atoms. The molecule has 0 unspecified atom stereocenters. The molecule has 0 aliphatic heterocycles. The van der Waals surface area contributed by atoms with Crippen LogP contribution in [0, 0.1) is 0 Å². The van der Waals surface area contributed by atoms with Gasteiger partial charge in [0, 0.05) is 17.8 Å². The molecule has 1 radical (unpaired) electrons. The van der Waals surface area contributed by atoms with Crippen LogP contribution >= 0.6 is 0 Å². The van der Waals surface area contributed by atoms with Gasteiger partial charge in [0.2, 0.25) is 6.29 Å². The van der Waals surface area contributed by atoms with E-state index in [0.29, 0.717) is 12.1 Å². The van der Waals surface area contributed by atoms with E-state index in [1.807, 2.05) is 27.1 Å². The van der Waals surface area contributed by atoms with Crippen LogP contribution in [0.3, 0.4) is 0 Å². The molecule has 0 N–H and O–H groups in total. The van der Waals surface area contributed by atoms with Crippen molar-refractivity contribution >= 4 is 18.1 Å². The average molecular weight is 276 g/mol. The van der Waals surface area contributed by atoms with E-state index in [4.69, 9.17) is 4.74 Å². The molecule has 0 heterocycles. The summed E-state index contributed by atoms with van der Waals surface area (Å²) in [6.45, 7) is 8.18. The molecule has 0 spiro atoms. The fraction of sp³-hybridized carbons (Fsp3) is 0.500. The predicted octanol–water partition coefficient (Wildman–Crippen LogP) is 3.69. The molecule has 0 aliphatic rings. The normalized spacial score (nSPS) is 11.0. The first-order valence-electron chi connectivity index (χ1n) is 6.86. The van der Waals surface area contributed by atoms with E-state index in [9.17, 15) is 9.59 Å². The SMILES string of the molecule is CCCCN(C(=O)OC(C)(C)C)c1ccc([C]=O)cc1. The van der Waals surface area contributed by atoms with Gasteiger partial charge in [0.1, 0.15) is 5.60 Å². The van der Waals surface area contributed by atoms with E-state index >= 15 is 0 Å². The molecule has 1 rings (SSSR count). The molecule has 1 aromatic rings. The molecule has 109 valence electrons. The lowest BCUT2D eigenvalue weighted by Crippen LogP contribution is -2.37. The van der Waals surface area contributed by atoms with Crippen molar-refractivity contribution in [2.45, 2.75) is 46.1 Å². The maximum atomic E-state index is 12.2. The van der Waals surface area contributed by atoms with Crippen LogP contribution in [0.1, 0.15) is 46.1 Å². The summed E-state index contributed by atoms with van der Waals surface area (Å²) in [6, 6.07) is 6.76. The Morgan fingerprint density at radius 3 is 2.30 bits per heavy atom. The number of anilines is 1. The lowest BCUT2D eigenvalue weighted by Gasteiger charge is -2.27. The Bertz CT molecular complexity index is 446. The molecule has 0 saturated heterocycles. The topological polar surface area (TPSA) is 46.6 Å². The second-order valence-electron chi connectivity index (χ2n) is 5.63. The lowest BCUT2D eigenvalue weighted by atomic mass is 10.2. The molecule has 4 heteroatoms. The fourth-order valence-electron chi connectivity index (χ4n) is 1.67. The highest BCUT2D eigenvalue weighted by Crippen LogP contribution is 2.19. The number of benzene rings is 1. The van der Waals surface area contributed by atoms with Gasteiger partial charge in [0.05, 0.1) is 0 Å². The van der Waals surface area contributed by atoms with Crippen molar-refractivity contribution in [3.8, 4) is 0 Å². The van der Waals surface area contributed by atoms with Crippen molar-refractivity contribution < 1.29 is 14.3 Å². The van der Waals surface area contributed by atoms with E-state index in [1.165, 1.54) is 0 Å². The van der Waals surface area contributed by atoms with Gasteiger partial charge in [-0.3, -0.25) is 9.69 Å². The number of amides is 1. The number of carbonyl (C=O) groups excluding carboxylic acids is 2. The van der Waals surface area contributed by atoms with Gasteiger partial charge in [-0.2, -0.15) is 0 Å². The minimum absolute atomic E-state index is 0.367. The Hall–Kier alpha value is -1.84. The van der Waals surface area contributed by atoms with Gasteiger partial charge >= 0.3 is 6.09 Å². The zero-order valence-corrected chi connectivity index (χ0v) is 12.6. The third kappa shape index (κ3) is 5.03. The Balaban J connectivity index is 2.92. The van der Waals surface area contributed by atoms with E-state index in [2.05, 4.69) is 6.92 Å². The molecule has 4 nitrogen and oxygen atoms in total. The minimum atomic E-state index is -0.530. The number of nitrogens with zero attached hydrogens (tertiary/aromatic N) is 1. The molecule has 0 aromatic heterocycles. The summed E-state index contributed by atoms with van der Waals surface area (Å²) in [4.78, 5) is 24.4. The molecule has 0 aliphatic carbocycles. The third-order valence-electron chi connectivity index (χ3n) is 2.65. The van der Waals surface area contributed by atoms with Crippen LogP contribution in [0.25, 0.3) is 0 Å². The molecule has 0 atom stereocenters. The van der Waals surface area contributed by atoms with E-state index in [0.717, 1.165) is 18.5 Å². The molecular formula is C16H22NO3. The van der Waals surface area contributed by atoms with Gasteiger partial charge in [0.15, 0.2) is 0 Å². The molecule has 0 saturated carbocycles. The van der Waals surface area contributed by atoms with Crippen LogP contribution in [0.2, 0.25) is 0 Å². The minimum Gasteiger partial charge on any atom is -0.443 e. The van der Waals surface area contributed by atoms with Crippen LogP contribution in [0.15, 0.2) is 24.3 Å². The van der Waals surface area contributed by atoms with Crippen LogP contribution < -0.4 is 4.90 Å². The maximum Gasteiger partial charge on any atom is 0.414 e.